The fraction of sp³-hybridized carbons (Fsp3) is 0.308. The third-order valence-electron chi connectivity index (χ3n) is 2.58. The van der Waals surface area contributed by atoms with Crippen molar-refractivity contribution in [1.29, 1.82) is 0 Å². The average Bonchev–Trinajstić information content (AvgIpc) is 2.70. The van der Waals surface area contributed by atoms with Crippen molar-refractivity contribution in [1.82, 2.24) is 4.90 Å². The molecule has 0 aliphatic heterocycles. The number of thiophene rings is 1. The molecule has 90 valence electrons. The number of fused-ring (bicyclic) bond motifs is 1. The van der Waals surface area contributed by atoms with E-state index in [-0.39, 0.29) is 11.3 Å². The highest BCUT2D eigenvalue weighted by Gasteiger charge is 2.16. The van der Waals surface area contributed by atoms with Crippen LogP contribution in [0.15, 0.2) is 29.6 Å². The first-order valence-corrected chi connectivity index (χ1v) is 6.77. The van der Waals surface area contributed by atoms with Gasteiger partial charge in [-0.25, -0.2) is 0 Å². The first-order chi connectivity index (χ1) is 8.09. The molecule has 2 rings (SSSR count). The fourth-order valence-corrected chi connectivity index (χ4v) is 2.95. The van der Waals surface area contributed by atoms with E-state index < -0.39 is 0 Å². The molecular formula is C13H14ClNOS. The van der Waals surface area contributed by atoms with E-state index in [1.807, 2.05) is 36.6 Å². The van der Waals surface area contributed by atoms with E-state index in [0.29, 0.717) is 6.54 Å². The van der Waals surface area contributed by atoms with Crippen molar-refractivity contribution in [2.75, 3.05) is 13.6 Å². The molecule has 0 spiro atoms. The first kappa shape index (κ1) is 12.4. The van der Waals surface area contributed by atoms with Gasteiger partial charge in [0.25, 0.3) is 5.91 Å². The number of nitrogens with zero attached hydrogens (tertiary/aromatic N) is 1. The second-order valence-corrected chi connectivity index (χ2v) is 5.77. The topological polar surface area (TPSA) is 20.3 Å². The number of benzene rings is 1. The van der Waals surface area contributed by atoms with E-state index >= 15 is 0 Å². The molecule has 1 unspecified atom stereocenters. The summed E-state index contributed by atoms with van der Waals surface area (Å²) in [4.78, 5) is 13.9. The third kappa shape index (κ3) is 2.61. The van der Waals surface area contributed by atoms with Gasteiger partial charge in [0.2, 0.25) is 0 Å². The number of hydrogen-bond acceptors (Lipinski definition) is 2. The molecule has 1 aromatic heterocycles. The molecule has 1 amide bonds. The molecular weight excluding hydrogens is 254 g/mol. The van der Waals surface area contributed by atoms with Crippen molar-refractivity contribution in [2.24, 2.45) is 0 Å². The monoisotopic (exact) mass is 267 g/mol. The van der Waals surface area contributed by atoms with Crippen LogP contribution in [0.3, 0.4) is 0 Å². The van der Waals surface area contributed by atoms with Gasteiger partial charge < -0.3 is 4.90 Å². The lowest BCUT2D eigenvalue weighted by molar-refractivity contribution is 0.0798. The maximum absolute atomic E-state index is 12.2. The van der Waals surface area contributed by atoms with Gasteiger partial charge in [0.15, 0.2) is 0 Å². The zero-order chi connectivity index (χ0) is 12.4. The van der Waals surface area contributed by atoms with Crippen molar-refractivity contribution in [2.45, 2.75) is 12.3 Å². The highest BCUT2D eigenvalue weighted by atomic mass is 35.5. The van der Waals surface area contributed by atoms with Crippen LogP contribution < -0.4 is 0 Å². The Kier molecular flexibility index (Phi) is 3.69. The standard InChI is InChI=1S/C13H14ClNOS/c1-9(14)7-15(2)13(16)11-8-17-12-6-4-3-5-10(11)12/h3-6,8-9H,7H2,1-2H3. The van der Waals surface area contributed by atoms with Crippen LogP contribution in [0.4, 0.5) is 0 Å². The van der Waals surface area contributed by atoms with Gasteiger partial charge in [-0.1, -0.05) is 18.2 Å². The molecule has 1 atom stereocenters. The van der Waals surface area contributed by atoms with Crippen LogP contribution in [0.5, 0.6) is 0 Å². The number of carbonyl (C=O) groups excluding carboxylic acids is 1. The average molecular weight is 268 g/mol. The van der Waals surface area contributed by atoms with Gasteiger partial charge in [-0.05, 0) is 13.0 Å². The number of alkyl halides is 1. The first-order valence-electron chi connectivity index (χ1n) is 5.45. The Bertz CT molecular complexity index is 535. The van der Waals surface area contributed by atoms with Crippen LogP contribution in [0.1, 0.15) is 17.3 Å². The summed E-state index contributed by atoms with van der Waals surface area (Å²) in [6, 6.07) is 7.95. The Morgan fingerprint density at radius 3 is 2.88 bits per heavy atom. The Morgan fingerprint density at radius 1 is 1.47 bits per heavy atom. The lowest BCUT2D eigenvalue weighted by Crippen LogP contribution is -2.31. The van der Waals surface area contributed by atoms with Crippen molar-refractivity contribution in [3.8, 4) is 0 Å². The second kappa shape index (κ2) is 5.07. The molecule has 0 aliphatic rings. The zero-order valence-electron chi connectivity index (χ0n) is 9.81. The lowest BCUT2D eigenvalue weighted by atomic mass is 10.1. The van der Waals surface area contributed by atoms with E-state index in [2.05, 4.69) is 0 Å². The highest BCUT2D eigenvalue weighted by molar-refractivity contribution is 7.17. The van der Waals surface area contributed by atoms with Crippen molar-refractivity contribution in [3.63, 3.8) is 0 Å². The molecule has 2 aromatic rings. The summed E-state index contributed by atoms with van der Waals surface area (Å²) < 4.78 is 1.14. The van der Waals surface area contributed by atoms with Crippen LogP contribution in [0.25, 0.3) is 10.1 Å². The molecule has 17 heavy (non-hydrogen) atoms. The van der Waals surface area contributed by atoms with Crippen LogP contribution in [0, 0.1) is 0 Å². The van der Waals surface area contributed by atoms with E-state index in [1.165, 1.54) is 0 Å². The van der Waals surface area contributed by atoms with Crippen molar-refractivity contribution in [3.05, 3.63) is 35.2 Å². The lowest BCUT2D eigenvalue weighted by Gasteiger charge is -2.17. The number of hydrogen-bond donors (Lipinski definition) is 0. The number of halogens is 1. The smallest absolute Gasteiger partial charge is 0.255 e. The van der Waals surface area contributed by atoms with E-state index in [1.54, 1.807) is 23.3 Å². The fourth-order valence-electron chi connectivity index (χ4n) is 1.81. The summed E-state index contributed by atoms with van der Waals surface area (Å²) >= 11 is 7.50. The largest absolute Gasteiger partial charge is 0.340 e. The molecule has 0 fully saturated rings. The maximum atomic E-state index is 12.2. The minimum absolute atomic E-state index is 0.0335. The maximum Gasteiger partial charge on any atom is 0.255 e. The molecule has 1 heterocycles. The predicted octanol–water partition coefficient (Wildman–Crippen LogP) is 3.60. The van der Waals surface area contributed by atoms with E-state index in [0.717, 1.165) is 15.6 Å². The molecule has 0 radical (unpaired) electrons. The summed E-state index contributed by atoms with van der Waals surface area (Å²) in [6.07, 6.45) is 0. The number of carbonyl (C=O) groups is 1. The normalized spacial score (nSPS) is 12.6. The molecule has 0 saturated carbocycles. The van der Waals surface area contributed by atoms with Gasteiger partial charge in [-0.3, -0.25) is 4.79 Å². The highest BCUT2D eigenvalue weighted by Crippen LogP contribution is 2.26. The molecule has 0 saturated heterocycles. The summed E-state index contributed by atoms with van der Waals surface area (Å²) in [5.41, 5.74) is 0.769. The second-order valence-electron chi connectivity index (χ2n) is 4.11. The van der Waals surface area contributed by atoms with E-state index in [4.69, 9.17) is 11.6 Å². The Hall–Kier alpha value is -1.06. The minimum Gasteiger partial charge on any atom is -0.340 e. The van der Waals surface area contributed by atoms with E-state index in [9.17, 15) is 4.79 Å². The number of amides is 1. The van der Waals surface area contributed by atoms with Gasteiger partial charge in [0.1, 0.15) is 0 Å². The summed E-state index contributed by atoms with van der Waals surface area (Å²) in [6.45, 7) is 2.45. The molecule has 0 bridgehead atoms. The predicted molar refractivity (Wildman–Crippen MR) is 74.1 cm³/mol. The molecule has 0 N–H and O–H groups in total. The minimum atomic E-state index is -0.0335. The van der Waals surface area contributed by atoms with Crippen LogP contribution in [0.2, 0.25) is 0 Å². The molecule has 2 nitrogen and oxygen atoms in total. The third-order valence-corrected chi connectivity index (χ3v) is 3.69. The summed E-state index contributed by atoms with van der Waals surface area (Å²) in [7, 11) is 1.79. The van der Waals surface area contributed by atoms with Crippen molar-refractivity contribution >= 4 is 38.9 Å². The van der Waals surface area contributed by atoms with Crippen LogP contribution >= 0.6 is 22.9 Å². The Morgan fingerprint density at radius 2 is 2.18 bits per heavy atom. The Labute approximate surface area is 110 Å². The van der Waals surface area contributed by atoms with Gasteiger partial charge in [0.05, 0.1) is 5.56 Å². The molecule has 4 heteroatoms. The summed E-state index contributed by atoms with van der Waals surface area (Å²) in [5.74, 6) is 0.0370. The zero-order valence-corrected chi connectivity index (χ0v) is 11.4. The number of rotatable bonds is 3. The SMILES string of the molecule is CC(Cl)CN(C)C(=O)c1csc2ccccc12. The van der Waals surface area contributed by atoms with Gasteiger partial charge in [0, 0.05) is 34.4 Å². The Balaban J connectivity index is 2.30. The van der Waals surface area contributed by atoms with Gasteiger partial charge in [-0.2, -0.15) is 0 Å². The van der Waals surface area contributed by atoms with Crippen LogP contribution in [-0.2, 0) is 0 Å². The van der Waals surface area contributed by atoms with Gasteiger partial charge >= 0.3 is 0 Å². The molecule has 1 aromatic carbocycles. The quantitative estimate of drug-likeness (QED) is 0.778. The van der Waals surface area contributed by atoms with Gasteiger partial charge in [-0.15, -0.1) is 22.9 Å². The molecule has 0 aliphatic carbocycles. The van der Waals surface area contributed by atoms with Crippen LogP contribution in [-0.4, -0.2) is 29.8 Å². The van der Waals surface area contributed by atoms with Crippen molar-refractivity contribution < 1.29 is 4.79 Å². The summed E-state index contributed by atoms with van der Waals surface area (Å²) in [5, 5.41) is 2.91.